The van der Waals surface area contributed by atoms with Crippen LogP contribution in [0.3, 0.4) is 0 Å². The van der Waals surface area contributed by atoms with Gasteiger partial charge in [0.1, 0.15) is 11.3 Å². The number of esters is 2. The van der Waals surface area contributed by atoms with Crippen LogP contribution in [0.4, 0.5) is 0 Å². The van der Waals surface area contributed by atoms with Gasteiger partial charge in [-0.05, 0) is 47.8 Å². The molecule has 1 spiro atoms. The number of ether oxygens (including phenoxy) is 8. The molecule has 1 unspecified atom stereocenters. The minimum atomic E-state index is -2.53. The normalized spacial score (nSPS) is 18.1. The van der Waals surface area contributed by atoms with Gasteiger partial charge in [0.2, 0.25) is 5.78 Å². The third-order valence-electron chi connectivity index (χ3n) is 9.63. The van der Waals surface area contributed by atoms with E-state index in [-0.39, 0.29) is 68.4 Å². The van der Waals surface area contributed by atoms with Crippen LogP contribution in [-0.4, -0.2) is 80.3 Å². The Labute approximate surface area is 291 Å². The Balaban J connectivity index is 1.65. The molecule has 0 N–H and O–H groups in total. The van der Waals surface area contributed by atoms with Crippen LogP contribution in [0.1, 0.15) is 75.0 Å². The highest BCUT2D eigenvalue weighted by atomic mass is 28.4. The van der Waals surface area contributed by atoms with Crippen molar-refractivity contribution in [3.8, 4) is 28.7 Å². The van der Waals surface area contributed by atoms with Crippen molar-refractivity contribution in [3.05, 3.63) is 57.0 Å². The SMILES string of the molecule is COC(=O)/C(=C\c1cc2c(c(OC)c1C(=O)OC)OC1(CC2)Cc2c(c(OC)c3c(c2OC)C(=O)C=C(OC)C3=O)O1)O[Si](C)(C)C(C)(C)C. The lowest BCUT2D eigenvalue weighted by molar-refractivity contribution is -0.138. The first kappa shape index (κ1) is 36.3. The number of hydrogen-bond acceptors (Lipinski definition) is 13. The van der Waals surface area contributed by atoms with E-state index < -0.39 is 37.6 Å². The second-order valence-corrected chi connectivity index (χ2v) is 18.3. The van der Waals surface area contributed by atoms with Crippen molar-refractivity contribution in [2.45, 2.75) is 64.0 Å². The number of rotatable bonds is 9. The van der Waals surface area contributed by atoms with Crippen molar-refractivity contribution in [1.29, 1.82) is 0 Å². The average Bonchev–Trinajstić information content (AvgIpc) is 3.44. The second-order valence-electron chi connectivity index (χ2n) is 13.5. The van der Waals surface area contributed by atoms with E-state index in [0.717, 1.165) is 6.08 Å². The molecular weight excluding hydrogens is 668 g/mol. The highest BCUT2D eigenvalue weighted by Gasteiger charge is 2.51. The number of methoxy groups -OCH3 is 6. The fraction of sp³-hybridized carbons (Fsp3) is 0.444. The van der Waals surface area contributed by atoms with Crippen molar-refractivity contribution in [1.82, 2.24) is 0 Å². The van der Waals surface area contributed by atoms with Crippen LogP contribution in [0.5, 0.6) is 28.7 Å². The van der Waals surface area contributed by atoms with Gasteiger partial charge in [0.05, 0.1) is 60.2 Å². The molecule has 0 bridgehead atoms. The number of aryl methyl sites for hydroxylation is 1. The predicted octanol–water partition coefficient (Wildman–Crippen LogP) is 5.60. The zero-order chi connectivity index (χ0) is 36.9. The molecule has 268 valence electrons. The lowest BCUT2D eigenvalue weighted by Crippen LogP contribution is -2.44. The molecule has 2 heterocycles. The smallest absolute Gasteiger partial charge is 0.371 e. The van der Waals surface area contributed by atoms with Crippen LogP contribution in [0, 0.1) is 0 Å². The van der Waals surface area contributed by atoms with Gasteiger partial charge >= 0.3 is 11.9 Å². The zero-order valence-electron chi connectivity index (χ0n) is 30.2. The van der Waals surface area contributed by atoms with Crippen molar-refractivity contribution in [2.24, 2.45) is 0 Å². The maximum absolute atomic E-state index is 13.4. The minimum absolute atomic E-state index is 0.0125. The fourth-order valence-corrected chi connectivity index (χ4v) is 7.09. The molecule has 0 aromatic heterocycles. The maximum Gasteiger partial charge on any atom is 0.371 e. The van der Waals surface area contributed by atoms with Crippen LogP contribution in [0.25, 0.3) is 6.08 Å². The number of carbonyl (C=O) groups excluding carboxylic acids is 4. The molecule has 1 atom stereocenters. The summed E-state index contributed by atoms with van der Waals surface area (Å²) in [6, 6.07) is 1.71. The molecule has 2 aromatic rings. The van der Waals surface area contributed by atoms with E-state index in [1.54, 1.807) is 6.07 Å². The van der Waals surface area contributed by atoms with E-state index in [9.17, 15) is 19.2 Å². The average molecular weight is 711 g/mol. The van der Waals surface area contributed by atoms with E-state index in [2.05, 4.69) is 0 Å². The Morgan fingerprint density at radius 3 is 2.06 bits per heavy atom. The molecule has 0 saturated heterocycles. The molecule has 0 amide bonds. The van der Waals surface area contributed by atoms with Gasteiger partial charge in [-0.3, -0.25) is 9.59 Å². The van der Waals surface area contributed by atoms with E-state index in [4.69, 9.17) is 42.3 Å². The standard InChI is InChI=1S/C36H42O13Si/c1-35(2,3)50(10,11)49-23(33(39)45-8)15-19-14-18-12-13-36(47-28(18)31(43-6)24(19)34(40)46-9)17-20-29(42-5)25-21(37)16-22(41-4)27(38)26(25)32(44-7)30(20)48-36/h14-16H,12-13,17H2,1-11H3/b23-15+. The van der Waals surface area contributed by atoms with Crippen LogP contribution in [0.15, 0.2) is 23.7 Å². The van der Waals surface area contributed by atoms with E-state index >= 15 is 0 Å². The van der Waals surface area contributed by atoms with Gasteiger partial charge in [-0.15, -0.1) is 0 Å². The Kier molecular flexibility index (Phi) is 9.47. The van der Waals surface area contributed by atoms with Crippen LogP contribution in [-0.2, 0) is 36.3 Å². The van der Waals surface area contributed by atoms with Gasteiger partial charge in [-0.1, -0.05) is 20.8 Å². The molecular formula is C36H42O13Si. The summed E-state index contributed by atoms with van der Waals surface area (Å²) in [5.41, 5.74) is 1.41. The second kappa shape index (κ2) is 13.0. The Bertz CT molecular complexity index is 1860. The Morgan fingerprint density at radius 2 is 1.50 bits per heavy atom. The van der Waals surface area contributed by atoms with Crippen molar-refractivity contribution >= 4 is 37.9 Å². The van der Waals surface area contributed by atoms with Crippen LogP contribution in [0.2, 0.25) is 18.1 Å². The predicted molar refractivity (Wildman–Crippen MR) is 182 cm³/mol. The monoisotopic (exact) mass is 710 g/mol. The summed E-state index contributed by atoms with van der Waals surface area (Å²) in [4.78, 5) is 53.1. The van der Waals surface area contributed by atoms with Gasteiger partial charge in [-0.2, -0.15) is 0 Å². The van der Waals surface area contributed by atoms with Gasteiger partial charge in [0.15, 0.2) is 40.3 Å². The number of ketones is 2. The van der Waals surface area contributed by atoms with Crippen molar-refractivity contribution in [2.75, 3.05) is 42.7 Å². The van der Waals surface area contributed by atoms with E-state index in [1.807, 2.05) is 33.9 Å². The summed E-state index contributed by atoms with van der Waals surface area (Å²) in [5, 5.41) is -0.242. The largest absolute Gasteiger partial charge is 0.539 e. The van der Waals surface area contributed by atoms with Crippen molar-refractivity contribution in [3.63, 3.8) is 0 Å². The fourth-order valence-electron chi connectivity index (χ4n) is 6.09. The summed E-state index contributed by atoms with van der Waals surface area (Å²) in [5.74, 6) is -3.43. The molecule has 2 aromatic carbocycles. The van der Waals surface area contributed by atoms with Crippen LogP contribution >= 0.6 is 0 Å². The number of carbonyl (C=O) groups is 4. The summed E-state index contributed by atoms with van der Waals surface area (Å²) in [6.07, 6.45) is 3.35. The van der Waals surface area contributed by atoms with E-state index in [0.29, 0.717) is 29.5 Å². The number of hydrogen-bond donors (Lipinski definition) is 0. The molecule has 5 rings (SSSR count). The third-order valence-corrected chi connectivity index (χ3v) is 14.0. The summed E-state index contributed by atoms with van der Waals surface area (Å²) >= 11 is 0. The Hall–Kier alpha value is -4.98. The summed E-state index contributed by atoms with van der Waals surface area (Å²) in [6.45, 7) is 10.1. The molecule has 0 radical (unpaired) electrons. The van der Waals surface area contributed by atoms with Gasteiger partial charge in [-0.25, -0.2) is 9.59 Å². The van der Waals surface area contributed by atoms with Crippen LogP contribution < -0.4 is 23.7 Å². The lowest BCUT2D eigenvalue weighted by Gasteiger charge is -2.37. The number of fused-ring (bicyclic) bond motifs is 3. The molecule has 1 aliphatic carbocycles. The van der Waals surface area contributed by atoms with Gasteiger partial charge in [0.25, 0.3) is 14.1 Å². The molecule has 13 nitrogen and oxygen atoms in total. The van der Waals surface area contributed by atoms with Gasteiger partial charge in [0, 0.05) is 18.1 Å². The minimum Gasteiger partial charge on any atom is -0.539 e. The summed E-state index contributed by atoms with van der Waals surface area (Å²) < 4.78 is 52.1. The molecule has 2 aliphatic heterocycles. The highest BCUT2D eigenvalue weighted by molar-refractivity contribution is 6.74. The molecule has 0 saturated carbocycles. The van der Waals surface area contributed by atoms with E-state index in [1.165, 1.54) is 48.7 Å². The summed E-state index contributed by atoms with van der Waals surface area (Å²) in [7, 11) is 5.41. The maximum atomic E-state index is 13.4. The molecule has 50 heavy (non-hydrogen) atoms. The first-order valence-corrected chi connectivity index (χ1v) is 18.8. The number of benzene rings is 2. The zero-order valence-corrected chi connectivity index (χ0v) is 31.2. The molecule has 3 aliphatic rings. The Morgan fingerprint density at radius 1 is 0.860 bits per heavy atom. The first-order valence-electron chi connectivity index (χ1n) is 15.9. The van der Waals surface area contributed by atoms with Crippen molar-refractivity contribution < 1.29 is 61.5 Å². The first-order chi connectivity index (χ1) is 23.5. The topological polar surface area (TPSA) is 151 Å². The lowest BCUT2D eigenvalue weighted by atomic mass is 9.87. The van der Waals surface area contributed by atoms with Gasteiger partial charge < -0.3 is 42.3 Å². The third kappa shape index (κ3) is 5.84. The highest BCUT2D eigenvalue weighted by Crippen LogP contribution is 2.56. The molecule has 14 heteroatoms. The molecule has 0 fully saturated rings. The number of Topliss-reactive ketones (excluding diaryl/α,β-unsaturated/α-hetero) is 1. The number of allylic oxidation sites excluding steroid dienone is 2. The quantitative estimate of drug-likeness (QED) is 0.138.